The summed E-state index contributed by atoms with van der Waals surface area (Å²) in [7, 11) is 3.67. The fraction of sp³-hybridized carbons (Fsp3) is 0.467. The summed E-state index contributed by atoms with van der Waals surface area (Å²) in [6.07, 6.45) is 0.387. The van der Waals surface area contributed by atoms with Crippen molar-refractivity contribution < 1.29 is 14.7 Å². The number of carbonyl (C=O) groups excluding carboxylic acids is 2. The van der Waals surface area contributed by atoms with Crippen LogP contribution in [0, 0.1) is 5.92 Å². The Morgan fingerprint density at radius 3 is 2.57 bits per heavy atom. The number of likely N-dealkylation sites (N-methyl/N-ethyl adjacent to an activating group) is 1. The molecule has 1 aliphatic heterocycles. The van der Waals surface area contributed by atoms with Crippen LogP contribution in [0.5, 0.6) is 0 Å². The molecule has 1 saturated heterocycles. The Kier molecular flexibility index (Phi) is 4.93. The molecule has 1 fully saturated rings. The van der Waals surface area contributed by atoms with Crippen molar-refractivity contribution in [2.75, 3.05) is 44.0 Å². The molecule has 2 N–H and O–H groups in total. The van der Waals surface area contributed by atoms with Gasteiger partial charge in [0.15, 0.2) is 0 Å². The van der Waals surface area contributed by atoms with Crippen molar-refractivity contribution in [2.45, 2.75) is 6.42 Å². The molecule has 0 spiro atoms. The van der Waals surface area contributed by atoms with E-state index >= 15 is 0 Å². The van der Waals surface area contributed by atoms with E-state index < -0.39 is 0 Å². The predicted octanol–water partition coefficient (Wildman–Crippen LogP) is 0.532. The molecule has 1 aliphatic rings. The summed E-state index contributed by atoms with van der Waals surface area (Å²) in [4.78, 5) is 27.0. The first-order valence-corrected chi connectivity index (χ1v) is 6.95. The van der Waals surface area contributed by atoms with Crippen molar-refractivity contribution in [2.24, 2.45) is 5.92 Å². The summed E-state index contributed by atoms with van der Waals surface area (Å²) in [5.41, 5.74) is 1.50. The number of nitrogens with zero attached hydrogens (tertiary/aromatic N) is 2. The smallest absolute Gasteiger partial charge is 0.238 e. The molecule has 6 heteroatoms. The van der Waals surface area contributed by atoms with Gasteiger partial charge in [0.2, 0.25) is 11.8 Å². The average molecular weight is 291 g/mol. The fourth-order valence-corrected chi connectivity index (χ4v) is 2.37. The van der Waals surface area contributed by atoms with Gasteiger partial charge in [-0.25, -0.2) is 0 Å². The fourth-order valence-electron chi connectivity index (χ4n) is 2.37. The lowest BCUT2D eigenvalue weighted by molar-refractivity contribution is -0.118. The third-order valence-electron chi connectivity index (χ3n) is 3.39. The normalized spacial score (nSPS) is 18.4. The molecule has 1 unspecified atom stereocenters. The molecule has 0 radical (unpaired) electrons. The van der Waals surface area contributed by atoms with Crippen LogP contribution in [0.2, 0.25) is 0 Å². The number of hydrogen-bond acceptors (Lipinski definition) is 4. The summed E-state index contributed by atoms with van der Waals surface area (Å²) in [5, 5.41) is 11.9. The van der Waals surface area contributed by atoms with Gasteiger partial charge in [-0.05, 0) is 38.4 Å². The monoisotopic (exact) mass is 291 g/mol. The number of carbonyl (C=O) groups is 2. The predicted molar refractivity (Wildman–Crippen MR) is 81.2 cm³/mol. The van der Waals surface area contributed by atoms with Gasteiger partial charge in [-0.2, -0.15) is 0 Å². The highest BCUT2D eigenvalue weighted by Gasteiger charge is 2.29. The van der Waals surface area contributed by atoms with E-state index in [0.29, 0.717) is 25.2 Å². The molecule has 0 aromatic heterocycles. The van der Waals surface area contributed by atoms with Crippen LogP contribution in [0.4, 0.5) is 11.4 Å². The molecule has 1 heterocycles. The summed E-state index contributed by atoms with van der Waals surface area (Å²) in [6.45, 7) is 0.896. The van der Waals surface area contributed by atoms with E-state index in [0.717, 1.165) is 5.69 Å². The van der Waals surface area contributed by atoms with E-state index in [-0.39, 0.29) is 24.3 Å². The highest BCUT2D eigenvalue weighted by Crippen LogP contribution is 2.25. The lowest BCUT2D eigenvalue weighted by Gasteiger charge is -2.17. The van der Waals surface area contributed by atoms with Crippen LogP contribution in [-0.2, 0) is 9.59 Å². The lowest BCUT2D eigenvalue weighted by Crippen LogP contribution is -2.27. The molecular formula is C15H21N3O3. The largest absolute Gasteiger partial charge is 0.396 e. The van der Waals surface area contributed by atoms with Gasteiger partial charge in [0.25, 0.3) is 0 Å². The van der Waals surface area contributed by atoms with Crippen LogP contribution in [0.1, 0.15) is 6.42 Å². The number of benzene rings is 1. The van der Waals surface area contributed by atoms with Crippen molar-refractivity contribution >= 4 is 23.2 Å². The molecule has 1 aromatic rings. The van der Waals surface area contributed by atoms with E-state index in [9.17, 15) is 9.59 Å². The van der Waals surface area contributed by atoms with E-state index in [1.54, 1.807) is 21.9 Å². The van der Waals surface area contributed by atoms with Crippen LogP contribution in [0.25, 0.3) is 0 Å². The van der Waals surface area contributed by atoms with Gasteiger partial charge in [0.05, 0.1) is 6.54 Å². The molecule has 114 valence electrons. The molecular weight excluding hydrogens is 270 g/mol. The number of nitrogens with one attached hydrogen (secondary N) is 1. The van der Waals surface area contributed by atoms with E-state index in [1.807, 2.05) is 26.2 Å². The number of hydrogen-bond donors (Lipinski definition) is 2. The maximum atomic E-state index is 11.9. The molecule has 0 aliphatic carbocycles. The Balaban J connectivity index is 1.99. The zero-order valence-corrected chi connectivity index (χ0v) is 12.4. The second kappa shape index (κ2) is 6.69. The van der Waals surface area contributed by atoms with E-state index in [4.69, 9.17) is 5.11 Å². The van der Waals surface area contributed by atoms with Gasteiger partial charge < -0.3 is 20.2 Å². The molecule has 2 amide bonds. The highest BCUT2D eigenvalue weighted by molar-refractivity contribution is 5.96. The van der Waals surface area contributed by atoms with E-state index in [2.05, 4.69) is 5.32 Å². The number of aliphatic hydroxyl groups excluding tert-OH is 1. The molecule has 1 atom stereocenters. The van der Waals surface area contributed by atoms with Crippen molar-refractivity contribution in [3.8, 4) is 0 Å². The van der Waals surface area contributed by atoms with Crippen molar-refractivity contribution in [3.05, 3.63) is 24.3 Å². The molecule has 0 saturated carbocycles. The van der Waals surface area contributed by atoms with Crippen LogP contribution < -0.4 is 10.2 Å². The van der Waals surface area contributed by atoms with Gasteiger partial charge in [0.1, 0.15) is 0 Å². The van der Waals surface area contributed by atoms with Crippen LogP contribution in [0.3, 0.4) is 0 Å². The summed E-state index contributed by atoms with van der Waals surface area (Å²) >= 11 is 0. The number of amides is 2. The molecule has 0 bridgehead atoms. The Morgan fingerprint density at radius 2 is 2.05 bits per heavy atom. The van der Waals surface area contributed by atoms with Crippen LogP contribution in [-0.4, -0.2) is 55.6 Å². The second-order valence-electron chi connectivity index (χ2n) is 5.59. The standard InChI is InChI=1S/C15H21N3O3/c1-17(2)9-14(20)16-12-3-5-13(6-4-12)18-8-11(10-19)7-15(18)21/h3-6,11,19H,7-10H2,1-2H3,(H,16,20). The van der Waals surface area contributed by atoms with Gasteiger partial charge in [-0.15, -0.1) is 0 Å². The summed E-state index contributed by atoms with van der Waals surface area (Å²) in [6, 6.07) is 7.18. The minimum Gasteiger partial charge on any atom is -0.396 e. The van der Waals surface area contributed by atoms with Gasteiger partial charge in [-0.1, -0.05) is 0 Å². The Bertz CT molecular complexity index is 513. The third kappa shape index (κ3) is 4.03. The molecule has 21 heavy (non-hydrogen) atoms. The molecule has 1 aromatic carbocycles. The van der Waals surface area contributed by atoms with Crippen LogP contribution >= 0.6 is 0 Å². The second-order valence-corrected chi connectivity index (χ2v) is 5.59. The van der Waals surface area contributed by atoms with Crippen molar-refractivity contribution in [1.29, 1.82) is 0 Å². The highest BCUT2D eigenvalue weighted by atomic mass is 16.3. The minimum atomic E-state index is -0.0784. The maximum Gasteiger partial charge on any atom is 0.238 e. The van der Waals surface area contributed by atoms with Crippen LogP contribution in [0.15, 0.2) is 24.3 Å². The Hall–Kier alpha value is -1.92. The zero-order valence-electron chi connectivity index (χ0n) is 12.4. The van der Waals surface area contributed by atoms with Gasteiger partial charge in [0, 0.05) is 36.9 Å². The third-order valence-corrected chi connectivity index (χ3v) is 3.39. The quantitative estimate of drug-likeness (QED) is 0.830. The molecule has 2 rings (SSSR count). The number of anilines is 2. The van der Waals surface area contributed by atoms with Crippen molar-refractivity contribution in [1.82, 2.24) is 4.90 Å². The minimum absolute atomic E-state index is 0.0111. The van der Waals surface area contributed by atoms with Gasteiger partial charge >= 0.3 is 0 Å². The maximum absolute atomic E-state index is 11.9. The van der Waals surface area contributed by atoms with Gasteiger partial charge in [-0.3, -0.25) is 9.59 Å². The van der Waals surface area contributed by atoms with E-state index in [1.165, 1.54) is 0 Å². The number of aliphatic hydroxyl groups is 1. The zero-order chi connectivity index (χ0) is 15.4. The summed E-state index contributed by atoms with van der Waals surface area (Å²) in [5.74, 6) is -0.0410. The lowest BCUT2D eigenvalue weighted by atomic mass is 10.1. The first-order valence-electron chi connectivity index (χ1n) is 6.95. The Labute approximate surface area is 124 Å². The summed E-state index contributed by atoms with van der Waals surface area (Å²) < 4.78 is 0. The number of rotatable bonds is 5. The topological polar surface area (TPSA) is 72.9 Å². The Morgan fingerprint density at radius 1 is 1.38 bits per heavy atom. The first kappa shape index (κ1) is 15.5. The average Bonchev–Trinajstić information content (AvgIpc) is 2.80. The van der Waals surface area contributed by atoms with Crippen molar-refractivity contribution in [3.63, 3.8) is 0 Å². The first-order chi connectivity index (χ1) is 9.99. The molecule has 6 nitrogen and oxygen atoms in total. The SMILES string of the molecule is CN(C)CC(=O)Nc1ccc(N2CC(CO)CC2=O)cc1.